The molecule has 0 unspecified atom stereocenters. The van der Waals surface area contributed by atoms with Gasteiger partial charge in [-0.1, -0.05) is 41.4 Å². The SMILES string of the molecule is O=C1C(=O)N(Cc2ccco2)[C@H](c2ccc(Cl)cc2Cl)/C1=C(\O)c1cccc([N+](=O)[O-])c1. The van der Waals surface area contributed by atoms with Crippen molar-refractivity contribution in [1.29, 1.82) is 0 Å². The van der Waals surface area contributed by atoms with Crippen LogP contribution in [-0.4, -0.2) is 26.6 Å². The predicted octanol–water partition coefficient (Wildman–Crippen LogP) is 5.12. The summed E-state index contributed by atoms with van der Waals surface area (Å²) in [5.74, 6) is -1.96. The molecule has 1 fully saturated rings. The number of nitro benzene ring substituents is 1. The van der Waals surface area contributed by atoms with Crippen molar-refractivity contribution in [3.05, 3.63) is 103 Å². The van der Waals surface area contributed by atoms with Gasteiger partial charge < -0.3 is 14.4 Å². The van der Waals surface area contributed by atoms with Crippen LogP contribution in [0.15, 0.2) is 70.9 Å². The first-order valence-electron chi connectivity index (χ1n) is 9.28. The van der Waals surface area contributed by atoms with Crippen molar-refractivity contribution in [3.63, 3.8) is 0 Å². The number of rotatable bonds is 5. The zero-order chi connectivity index (χ0) is 23.0. The van der Waals surface area contributed by atoms with Crippen LogP contribution in [0, 0.1) is 10.1 Å². The number of halogens is 2. The Hall–Kier alpha value is -3.62. The van der Waals surface area contributed by atoms with Gasteiger partial charge in [0.15, 0.2) is 0 Å². The van der Waals surface area contributed by atoms with Gasteiger partial charge in [-0.15, -0.1) is 0 Å². The van der Waals surface area contributed by atoms with E-state index in [1.165, 1.54) is 35.4 Å². The Kier molecular flexibility index (Phi) is 5.73. The molecule has 3 aromatic rings. The number of amides is 1. The first kappa shape index (κ1) is 21.6. The van der Waals surface area contributed by atoms with E-state index in [0.717, 1.165) is 6.07 Å². The quantitative estimate of drug-likeness (QED) is 0.181. The molecular weight excluding hydrogens is 459 g/mol. The van der Waals surface area contributed by atoms with Crippen molar-refractivity contribution in [3.8, 4) is 0 Å². The molecule has 1 aliphatic rings. The third-order valence-corrected chi connectivity index (χ3v) is 5.60. The molecule has 32 heavy (non-hydrogen) atoms. The molecule has 0 radical (unpaired) electrons. The summed E-state index contributed by atoms with van der Waals surface area (Å²) in [6, 6.07) is 11.9. The highest BCUT2D eigenvalue weighted by Gasteiger charge is 2.47. The molecule has 2 aromatic carbocycles. The van der Waals surface area contributed by atoms with Gasteiger partial charge in [0.05, 0.1) is 29.3 Å². The number of benzene rings is 2. The van der Waals surface area contributed by atoms with E-state index < -0.39 is 28.4 Å². The lowest BCUT2D eigenvalue weighted by atomic mass is 9.95. The van der Waals surface area contributed by atoms with Gasteiger partial charge in [-0.2, -0.15) is 0 Å². The Balaban J connectivity index is 1.91. The molecule has 2 heterocycles. The smallest absolute Gasteiger partial charge is 0.296 e. The van der Waals surface area contributed by atoms with E-state index in [0.29, 0.717) is 16.3 Å². The lowest BCUT2D eigenvalue weighted by molar-refractivity contribution is -0.384. The molecule has 0 spiro atoms. The molecule has 0 saturated carbocycles. The van der Waals surface area contributed by atoms with Crippen LogP contribution in [0.4, 0.5) is 5.69 Å². The fourth-order valence-corrected chi connectivity index (χ4v) is 4.09. The topological polar surface area (TPSA) is 114 Å². The Morgan fingerprint density at radius 3 is 2.56 bits per heavy atom. The number of Topliss-reactive ketones (excluding diaryl/α,β-unsaturated/α-hetero) is 1. The maximum absolute atomic E-state index is 13.0. The van der Waals surface area contributed by atoms with Crippen molar-refractivity contribution in [2.24, 2.45) is 0 Å². The maximum atomic E-state index is 13.0. The summed E-state index contributed by atoms with van der Waals surface area (Å²) in [7, 11) is 0. The van der Waals surface area contributed by atoms with E-state index in [9.17, 15) is 24.8 Å². The van der Waals surface area contributed by atoms with Crippen molar-refractivity contribution in [2.45, 2.75) is 12.6 Å². The number of ketones is 1. The standard InChI is InChI=1S/C22H14Cl2N2O6/c23-13-6-7-16(17(24)10-13)19-18(20(27)12-3-1-4-14(9-12)26(30)31)21(28)22(29)25(19)11-15-5-2-8-32-15/h1-10,19,27H,11H2/b20-18+/t19-/m1/s1. The number of aliphatic hydroxyl groups excluding tert-OH is 1. The van der Waals surface area contributed by atoms with Crippen LogP contribution in [0.1, 0.15) is 22.9 Å². The molecule has 1 amide bonds. The summed E-state index contributed by atoms with van der Waals surface area (Å²) in [4.78, 5) is 37.7. The van der Waals surface area contributed by atoms with Gasteiger partial charge in [0.2, 0.25) is 0 Å². The van der Waals surface area contributed by atoms with Crippen LogP contribution in [0.5, 0.6) is 0 Å². The van der Waals surface area contributed by atoms with E-state index >= 15 is 0 Å². The average Bonchev–Trinajstić information content (AvgIpc) is 3.36. The normalized spacial score (nSPS) is 17.7. The largest absolute Gasteiger partial charge is 0.507 e. The maximum Gasteiger partial charge on any atom is 0.296 e. The van der Waals surface area contributed by atoms with E-state index in [1.54, 1.807) is 24.3 Å². The zero-order valence-electron chi connectivity index (χ0n) is 16.2. The lowest BCUT2D eigenvalue weighted by Gasteiger charge is -2.25. The van der Waals surface area contributed by atoms with Gasteiger partial charge in [-0.25, -0.2) is 0 Å². The fourth-order valence-electron chi connectivity index (χ4n) is 3.58. The number of furan rings is 1. The van der Waals surface area contributed by atoms with Crippen LogP contribution >= 0.6 is 23.2 Å². The Morgan fingerprint density at radius 1 is 1.12 bits per heavy atom. The molecule has 0 aliphatic carbocycles. The Bertz CT molecular complexity index is 1270. The highest BCUT2D eigenvalue weighted by Crippen LogP contribution is 2.43. The molecule has 0 bridgehead atoms. The third-order valence-electron chi connectivity index (χ3n) is 5.03. The highest BCUT2D eigenvalue weighted by molar-refractivity contribution is 6.47. The minimum atomic E-state index is -1.07. The Morgan fingerprint density at radius 2 is 1.91 bits per heavy atom. The van der Waals surface area contributed by atoms with E-state index in [4.69, 9.17) is 27.6 Å². The van der Waals surface area contributed by atoms with Crippen LogP contribution in [0.25, 0.3) is 5.76 Å². The number of carbonyl (C=O) groups excluding carboxylic acids is 2. The minimum Gasteiger partial charge on any atom is -0.507 e. The van der Waals surface area contributed by atoms with Crippen molar-refractivity contribution in [1.82, 2.24) is 4.90 Å². The van der Waals surface area contributed by atoms with Gasteiger partial charge in [0, 0.05) is 27.7 Å². The van der Waals surface area contributed by atoms with E-state index in [1.807, 2.05) is 0 Å². The van der Waals surface area contributed by atoms with Gasteiger partial charge in [-0.3, -0.25) is 19.7 Å². The van der Waals surface area contributed by atoms with Gasteiger partial charge in [0.1, 0.15) is 11.5 Å². The molecule has 4 rings (SSSR count). The summed E-state index contributed by atoms with van der Waals surface area (Å²) in [6.45, 7) is -0.0626. The van der Waals surface area contributed by atoms with Gasteiger partial charge >= 0.3 is 0 Å². The van der Waals surface area contributed by atoms with Crippen molar-refractivity contribution < 1.29 is 24.0 Å². The number of non-ortho nitro benzene ring substituents is 1. The number of hydrogen-bond donors (Lipinski definition) is 1. The second kappa shape index (κ2) is 8.49. The van der Waals surface area contributed by atoms with Crippen molar-refractivity contribution >= 4 is 46.3 Å². The van der Waals surface area contributed by atoms with Crippen LogP contribution < -0.4 is 0 Å². The fraction of sp³-hybridized carbons (Fsp3) is 0.0909. The van der Waals surface area contributed by atoms with Crippen LogP contribution in [0.2, 0.25) is 10.0 Å². The number of likely N-dealkylation sites (tertiary alicyclic amines) is 1. The molecule has 1 aliphatic heterocycles. The number of hydrogen-bond acceptors (Lipinski definition) is 6. The van der Waals surface area contributed by atoms with Crippen LogP contribution in [-0.2, 0) is 16.1 Å². The highest BCUT2D eigenvalue weighted by atomic mass is 35.5. The monoisotopic (exact) mass is 472 g/mol. The number of nitro groups is 1. The molecule has 1 atom stereocenters. The van der Waals surface area contributed by atoms with E-state index in [-0.39, 0.29) is 28.4 Å². The number of aliphatic hydroxyl groups is 1. The zero-order valence-corrected chi connectivity index (χ0v) is 17.7. The van der Waals surface area contributed by atoms with Gasteiger partial charge in [-0.05, 0) is 29.8 Å². The number of nitrogens with zero attached hydrogens (tertiary/aromatic N) is 2. The van der Waals surface area contributed by atoms with Crippen molar-refractivity contribution in [2.75, 3.05) is 0 Å². The minimum absolute atomic E-state index is 0.0188. The first-order chi connectivity index (χ1) is 15.3. The summed E-state index contributed by atoms with van der Waals surface area (Å²) < 4.78 is 5.32. The number of carbonyl (C=O) groups is 2. The summed E-state index contributed by atoms with van der Waals surface area (Å²) in [5.41, 5.74) is -0.148. The molecular formula is C22H14Cl2N2O6. The predicted molar refractivity (Wildman–Crippen MR) is 116 cm³/mol. The van der Waals surface area contributed by atoms with E-state index in [2.05, 4.69) is 0 Å². The molecule has 162 valence electrons. The average molecular weight is 473 g/mol. The summed E-state index contributed by atoms with van der Waals surface area (Å²) in [5, 5.41) is 22.7. The second-order valence-corrected chi connectivity index (χ2v) is 7.82. The lowest BCUT2D eigenvalue weighted by Crippen LogP contribution is -2.29. The van der Waals surface area contributed by atoms with Crippen LogP contribution in [0.3, 0.4) is 0 Å². The molecule has 1 N–H and O–H groups in total. The first-order valence-corrected chi connectivity index (χ1v) is 10.0. The second-order valence-electron chi connectivity index (χ2n) is 6.98. The van der Waals surface area contributed by atoms with Gasteiger partial charge in [0.25, 0.3) is 17.4 Å². The molecule has 1 aromatic heterocycles. The molecule has 1 saturated heterocycles. The molecule has 10 heteroatoms. The molecule has 8 nitrogen and oxygen atoms in total. The Labute approximate surface area is 191 Å². The summed E-state index contributed by atoms with van der Waals surface area (Å²) >= 11 is 12.4. The third kappa shape index (κ3) is 3.86. The summed E-state index contributed by atoms with van der Waals surface area (Å²) in [6.07, 6.45) is 1.43.